The van der Waals surface area contributed by atoms with Gasteiger partial charge >= 0.3 is 12.1 Å². The van der Waals surface area contributed by atoms with Gasteiger partial charge in [0.15, 0.2) is 0 Å². The Hall–Kier alpha value is -1.34. The molecule has 1 aliphatic rings. The number of nitrogens with zero attached hydrogens (tertiary/aromatic N) is 1. The van der Waals surface area contributed by atoms with Crippen molar-refractivity contribution < 1.29 is 24.2 Å². The first-order chi connectivity index (χ1) is 9.20. The molecule has 0 aromatic carbocycles. The molecule has 1 heterocycles. The van der Waals surface area contributed by atoms with Crippen molar-refractivity contribution in [2.75, 3.05) is 26.3 Å². The Morgan fingerprint density at radius 3 is 2.30 bits per heavy atom. The molecule has 1 aliphatic heterocycles. The van der Waals surface area contributed by atoms with Crippen LogP contribution in [0.15, 0.2) is 0 Å². The van der Waals surface area contributed by atoms with Gasteiger partial charge in [0, 0.05) is 19.1 Å². The van der Waals surface area contributed by atoms with E-state index in [1.165, 1.54) is 0 Å². The average molecular weight is 288 g/mol. The van der Waals surface area contributed by atoms with Crippen molar-refractivity contribution in [2.45, 2.75) is 45.4 Å². The highest BCUT2D eigenvalue weighted by atomic mass is 16.6. The summed E-state index contributed by atoms with van der Waals surface area (Å²) in [6.07, 6.45) is -0.718. The minimum absolute atomic E-state index is 0.330. The number of hydrogen-bond donors (Lipinski definition) is 2. The third-order valence-electron chi connectivity index (χ3n) is 3.04. The molecule has 1 saturated heterocycles. The van der Waals surface area contributed by atoms with Crippen LogP contribution in [0.5, 0.6) is 0 Å². The minimum Gasteiger partial charge on any atom is -0.480 e. The zero-order chi connectivity index (χ0) is 15.3. The number of rotatable bonds is 4. The van der Waals surface area contributed by atoms with Crippen molar-refractivity contribution in [2.24, 2.45) is 0 Å². The van der Waals surface area contributed by atoms with Gasteiger partial charge in [0.1, 0.15) is 11.6 Å². The number of alkyl carbamates (subject to hydrolysis) is 1. The molecule has 1 fully saturated rings. The van der Waals surface area contributed by atoms with E-state index < -0.39 is 23.7 Å². The average Bonchev–Trinajstić information content (AvgIpc) is 2.34. The molecule has 2 atom stereocenters. The molecule has 0 bridgehead atoms. The van der Waals surface area contributed by atoms with Crippen LogP contribution in [0.3, 0.4) is 0 Å². The Labute approximate surface area is 119 Å². The van der Waals surface area contributed by atoms with Crippen LogP contribution in [0.25, 0.3) is 0 Å². The van der Waals surface area contributed by atoms with Gasteiger partial charge in [-0.1, -0.05) is 0 Å². The second-order valence-corrected chi connectivity index (χ2v) is 5.85. The maximum Gasteiger partial charge on any atom is 0.408 e. The van der Waals surface area contributed by atoms with E-state index in [-0.39, 0.29) is 6.04 Å². The van der Waals surface area contributed by atoms with Crippen LogP contribution in [-0.4, -0.2) is 66.1 Å². The molecule has 1 rings (SSSR count). The van der Waals surface area contributed by atoms with Gasteiger partial charge in [-0.2, -0.15) is 0 Å². The highest BCUT2D eigenvalue weighted by Gasteiger charge is 2.32. The Kier molecular flexibility index (Phi) is 5.76. The van der Waals surface area contributed by atoms with Gasteiger partial charge in [-0.05, 0) is 27.7 Å². The lowest BCUT2D eigenvalue weighted by atomic mass is 10.1. The Bertz CT molecular complexity index is 347. The lowest BCUT2D eigenvalue weighted by molar-refractivity contribution is -0.141. The predicted octanol–water partition coefficient (Wildman–Crippen LogP) is 0.685. The van der Waals surface area contributed by atoms with Gasteiger partial charge in [-0.15, -0.1) is 0 Å². The van der Waals surface area contributed by atoms with Crippen molar-refractivity contribution in [3.05, 3.63) is 0 Å². The van der Waals surface area contributed by atoms with Gasteiger partial charge in [-0.25, -0.2) is 9.59 Å². The normalized spacial score (nSPS) is 20.0. The van der Waals surface area contributed by atoms with E-state index in [1.54, 1.807) is 27.7 Å². The summed E-state index contributed by atoms with van der Waals surface area (Å²) in [5, 5.41) is 11.7. The molecule has 20 heavy (non-hydrogen) atoms. The summed E-state index contributed by atoms with van der Waals surface area (Å²) >= 11 is 0. The Morgan fingerprint density at radius 2 is 1.85 bits per heavy atom. The van der Waals surface area contributed by atoms with Gasteiger partial charge in [0.05, 0.1) is 13.2 Å². The molecule has 0 aliphatic carbocycles. The van der Waals surface area contributed by atoms with Crippen LogP contribution in [0, 0.1) is 0 Å². The lowest BCUT2D eigenvalue weighted by Gasteiger charge is -2.35. The minimum atomic E-state index is -1.07. The van der Waals surface area contributed by atoms with Crippen LogP contribution in [0.4, 0.5) is 4.79 Å². The summed E-state index contributed by atoms with van der Waals surface area (Å²) in [7, 11) is 0. The SMILES string of the molecule is CC([C@H](NC(=O)OC(C)(C)C)C(=O)O)N1CCOCC1. The predicted molar refractivity (Wildman–Crippen MR) is 72.6 cm³/mol. The summed E-state index contributed by atoms with van der Waals surface area (Å²) in [6.45, 7) is 9.42. The van der Waals surface area contributed by atoms with Crippen molar-refractivity contribution >= 4 is 12.1 Å². The number of hydrogen-bond acceptors (Lipinski definition) is 5. The van der Waals surface area contributed by atoms with E-state index in [9.17, 15) is 14.7 Å². The quantitative estimate of drug-likeness (QED) is 0.791. The fourth-order valence-corrected chi connectivity index (χ4v) is 2.02. The van der Waals surface area contributed by atoms with Crippen LogP contribution in [0.2, 0.25) is 0 Å². The first-order valence-corrected chi connectivity index (χ1v) is 6.75. The third-order valence-corrected chi connectivity index (χ3v) is 3.04. The zero-order valence-electron chi connectivity index (χ0n) is 12.5. The third kappa shape index (κ3) is 5.34. The maximum atomic E-state index is 11.7. The van der Waals surface area contributed by atoms with Crippen molar-refractivity contribution in [1.82, 2.24) is 10.2 Å². The molecule has 0 aromatic rings. The fourth-order valence-electron chi connectivity index (χ4n) is 2.02. The number of ether oxygens (including phenoxy) is 2. The number of carboxylic acid groups (broad SMARTS) is 1. The zero-order valence-corrected chi connectivity index (χ0v) is 12.5. The summed E-state index contributed by atoms with van der Waals surface area (Å²) in [5.74, 6) is -1.07. The standard InChI is InChI=1S/C13H24N2O5/c1-9(15-5-7-19-8-6-15)10(11(16)17)14-12(18)20-13(2,3)4/h9-10H,5-8H2,1-4H3,(H,14,18)(H,16,17)/t9?,10-/m0/s1. The monoisotopic (exact) mass is 288 g/mol. The number of aliphatic carboxylic acids is 1. The smallest absolute Gasteiger partial charge is 0.408 e. The molecule has 1 unspecified atom stereocenters. The van der Waals surface area contributed by atoms with E-state index >= 15 is 0 Å². The first-order valence-electron chi connectivity index (χ1n) is 6.75. The largest absolute Gasteiger partial charge is 0.480 e. The molecule has 0 aromatic heterocycles. The maximum absolute atomic E-state index is 11.7. The highest BCUT2D eigenvalue weighted by Crippen LogP contribution is 2.11. The van der Waals surface area contributed by atoms with Crippen LogP contribution in [-0.2, 0) is 14.3 Å². The summed E-state index contributed by atoms with van der Waals surface area (Å²) in [6, 6.07) is -1.34. The van der Waals surface area contributed by atoms with Crippen molar-refractivity contribution in [3.63, 3.8) is 0 Å². The Balaban J connectivity index is 2.63. The summed E-state index contributed by atoms with van der Waals surface area (Å²) in [5.41, 5.74) is -0.657. The van der Waals surface area contributed by atoms with Gasteiger partial charge < -0.3 is 19.9 Å². The van der Waals surface area contributed by atoms with Crippen molar-refractivity contribution in [1.29, 1.82) is 0 Å². The second-order valence-electron chi connectivity index (χ2n) is 5.85. The molecule has 0 radical (unpaired) electrons. The van der Waals surface area contributed by atoms with E-state index in [0.29, 0.717) is 26.3 Å². The molecule has 1 amide bonds. The Morgan fingerprint density at radius 1 is 1.30 bits per heavy atom. The second kappa shape index (κ2) is 6.90. The van der Waals surface area contributed by atoms with Crippen LogP contribution < -0.4 is 5.32 Å². The number of morpholine rings is 1. The molecule has 2 N–H and O–H groups in total. The number of carboxylic acids is 1. The van der Waals surface area contributed by atoms with Gasteiger partial charge in [-0.3, -0.25) is 4.90 Å². The topological polar surface area (TPSA) is 88.1 Å². The lowest BCUT2D eigenvalue weighted by Crippen LogP contribution is -2.57. The number of carbonyl (C=O) groups is 2. The summed E-state index contributed by atoms with van der Waals surface area (Å²) < 4.78 is 10.3. The summed E-state index contributed by atoms with van der Waals surface area (Å²) in [4.78, 5) is 25.1. The first kappa shape index (κ1) is 16.7. The molecular formula is C13H24N2O5. The van der Waals surface area contributed by atoms with Crippen LogP contribution >= 0.6 is 0 Å². The molecule has 0 saturated carbocycles. The van der Waals surface area contributed by atoms with E-state index in [2.05, 4.69) is 5.32 Å². The van der Waals surface area contributed by atoms with E-state index in [4.69, 9.17) is 9.47 Å². The number of nitrogens with one attached hydrogen (secondary N) is 1. The number of carbonyl (C=O) groups excluding carboxylic acids is 1. The van der Waals surface area contributed by atoms with Crippen molar-refractivity contribution in [3.8, 4) is 0 Å². The van der Waals surface area contributed by atoms with E-state index in [0.717, 1.165) is 0 Å². The molecular weight excluding hydrogens is 264 g/mol. The molecule has 0 spiro atoms. The van der Waals surface area contributed by atoms with Crippen LogP contribution in [0.1, 0.15) is 27.7 Å². The molecule has 116 valence electrons. The number of amides is 1. The van der Waals surface area contributed by atoms with Gasteiger partial charge in [0.25, 0.3) is 0 Å². The van der Waals surface area contributed by atoms with E-state index in [1.807, 2.05) is 4.90 Å². The highest BCUT2D eigenvalue weighted by molar-refractivity contribution is 5.80. The molecule has 7 nitrogen and oxygen atoms in total. The van der Waals surface area contributed by atoms with Gasteiger partial charge in [0.2, 0.25) is 0 Å². The molecule has 7 heteroatoms. The fraction of sp³-hybridized carbons (Fsp3) is 0.846.